The zero-order valence-electron chi connectivity index (χ0n) is 12.4. The predicted molar refractivity (Wildman–Crippen MR) is 99.9 cm³/mol. The normalized spacial score (nSPS) is 9.78. The highest BCUT2D eigenvalue weighted by atomic mass is 127. The average Bonchev–Trinajstić information content (AvgIpc) is 2.58. The van der Waals surface area contributed by atoms with Crippen molar-refractivity contribution in [1.82, 2.24) is 0 Å². The first-order valence-electron chi connectivity index (χ1n) is 6.92. The van der Waals surface area contributed by atoms with Crippen LogP contribution in [0, 0.1) is 3.57 Å². The number of hydrogen-bond acceptors (Lipinski definition) is 2. The van der Waals surface area contributed by atoms with Crippen molar-refractivity contribution in [3.05, 3.63) is 86.3 Å². The molecule has 23 heavy (non-hydrogen) atoms. The number of para-hydroxylation sites is 1. The number of halogens is 1. The van der Waals surface area contributed by atoms with Crippen LogP contribution < -0.4 is 4.90 Å². The van der Waals surface area contributed by atoms with Crippen LogP contribution in [0.15, 0.2) is 71.9 Å². The van der Waals surface area contributed by atoms with Crippen molar-refractivity contribution in [1.29, 1.82) is 0 Å². The Morgan fingerprint density at radius 2 is 1.83 bits per heavy atom. The molecule has 0 radical (unpaired) electrons. The van der Waals surface area contributed by atoms with E-state index in [0.717, 1.165) is 14.8 Å². The molecule has 116 valence electrons. The SMILES string of the molecule is C=C(CN=[N+]=[N-])C(=O)N(Cc1ccccc1)c1ccccc1I. The van der Waals surface area contributed by atoms with Gasteiger partial charge in [0.25, 0.3) is 5.91 Å². The van der Waals surface area contributed by atoms with E-state index in [1.807, 2.05) is 54.6 Å². The van der Waals surface area contributed by atoms with Gasteiger partial charge in [0.1, 0.15) is 0 Å². The Morgan fingerprint density at radius 1 is 1.17 bits per heavy atom. The molecule has 0 atom stereocenters. The first-order valence-corrected chi connectivity index (χ1v) is 8.00. The summed E-state index contributed by atoms with van der Waals surface area (Å²) in [5.41, 5.74) is 10.5. The van der Waals surface area contributed by atoms with E-state index in [4.69, 9.17) is 5.53 Å². The Labute approximate surface area is 148 Å². The van der Waals surface area contributed by atoms with Gasteiger partial charge in [0.05, 0.1) is 18.8 Å². The van der Waals surface area contributed by atoms with Gasteiger partial charge in [0, 0.05) is 14.1 Å². The van der Waals surface area contributed by atoms with Crippen molar-refractivity contribution in [2.24, 2.45) is 5.11 Å². The molecule has 2 aromatic rings. The minimum absolute atomic E-state index is 0.0377. The molecule has 0 aliphatic heterocycles. The topological polar surface area (TPSA) is 69.1 Å². The largest absolute Gasteiger partial charge is 0.303 e. The molecule has 0 aliphatic rings. The van der Waals surface area contributed by atoms with E-state index in [-0.39, 0.29) is 18.0 Å². The van der Waals surface area contributed by atoms with Gasteiger partial charge in [-0.15, -0.1) is 0 Å². The summed E-state index contributed by atoms with van der Waals surface area (Å²) >= 11 is 2.20. The molecule has 6 heteroatoms. The van der Waals surface area contributed by atoms with Crippen LogP contribution in [0.4, 0.5) is 5.69 Å². The molecule has 1 amide bonds. The lowest BCUT2D eigenvalue weighted by atomic mass is 10.1. The minimum atomic E-state index is -0.245. The van der Waals surface area contributed by atoms with E-state index < -0.39 is 0 Å². The average molecular weight is 418 g/mol. The first kappa shape index (κ1) is 17.1. The summed E-state index contributed by atoms with van der Waals surface area (Å²) < 4.78 is 0.964. The number of rotatable bonds is 6. The van der Waals surface area contributed by atoms with Gasteiger partial charge in [-0.2, -0.15) is 0 Å². The third kappa shape index (κ3) is 4.58. The third-order valence-corrected chi connectivity index (χ3v) is 4.11. The Balaban J connectivity index is 2.35. The molecule has 0 unspecified atom stereocenters. The number of anilines is 1. The maximum Gasteiger partial charge on any atom is 0.254 e. The molecule has 0 aromatic heterocycles. The van der Waals surface area contributed by atoms with Gasteiger partial charge >= 0.3 is 0 Å². The Morgan fingerprint density at radius 3 is 2.48 bits per heavy atom. The van der Waals surface area contributed by atoms with Gasteiger partial charge in [-0.25, -0.2) is 0 Å². The smallest absolute Gasteiger partial charge is 0.254 e. The van der Waals surface area contributed by atoms with Crippen LogP contribution in [-0.2, 0) is 11.3 Å². The predicted octanol–water partition coefficient (Wildman–Crippen LogP) is 4.69. The Hall–Kier alpha value is -2.31. The summed E-state index contributed by atoms with van der Waals surface area (Å²) in [5, 5.41) is 3.43. The summed E-state index contributed by atoms with van der Waals surface area (Å²) in [7, 11) is 0. The monoisotopic (exact) mass is 418 g/mol. The second-order valence-electron chi connectivity index (χ2n) is 4.82. The molecule has 5 nitrogen and oxygen atoms in total. The molecule has 0 aliphatic carbocycles. The number of benzene rings is 2. The molecule has 0 saturated heterocycles. The molecule has 2 aromatic carbocycles. The molecular weight excluding hydrogens is 403 g/mol. The summed E-state index contributed by atoms with van der Waals surface area (Å²) in [6.45, 7) is 4.14. The molecule has 0 spiro atoms. The molecular formula is C17H15IN4O. The highest BCUT2D eigenvalue weighted by Crippen LogP contribution is 2.25. The Bertz CT molecular complexity index is 754. The van der Waals surface area contributed by atoms with E-state index in [1.54, 1.807) is 4.90 Å². The highest BCUT2D eigenvalue weighted by Gasteiger charge is 2.20. The van der Waals surface area contributed by atoms with Crippen molar-refractivity contribution in [2.45, 2.75) is 6.54 Å². The Kier molecular flexibility index (Phi) is 6.19. The summed E-state index contributed by atoms with van der Waals surface area (Å²) in [5.74, 6) is -0.245. The number of nitrogens with zero attached hydrogens (tertiary/aromatic N) is 4. The fourth-order valence-electron chi connectivity index (χ4n) is 2.08. The van der Waals surface area contributed by atoms with Crippen LogP contribution in [0.2, 0.25) is 0 Å². The van der Waals surface area contributed by atoms with Crippen molar-refractivity contribution in [3.63, 3.8) is 0 Å². The van der Waals surface area contributed by atoms with Gasteiger partial charge in [-0.3, -0.25) is 4.79 Å². The van der Waals surface area contributed by atoms with Crippen LogP contribution in [-0.4, -0.2) is 12.5 Å². The number of carbonyl (C=O) groups excluding carboxylic acids is 1. The number of azide groups is 1. The highest BCUT2D eigenvalue weighted by molar-refractivity contribution is 14.1. The number of hydrogen-bond donors (Lipinski definition) is 0. The van der Waals surface area contributed by atoms with Crippen molar-refractivity contribution >= 4 is 34.2 Å². The second kappa shape index (κ2) is 8.36. The van der Waals surface area contributed by atoms with Crippen LogP contribution in [0.25, 0.3) is 10.4 Å². The van der Waals surface area contributed by atoms with Crippen LogP contribution in [0.3, 0.4) is 0 Å². The second-order valence-corrected chi connectivity index (χ2v) is 5.98. The van der Waals surface area contributed by atoms with E-state index in [1.165, 1.54) is 0 Å². The van der Waals surface area contributed by atoms with E-state index >= 15 is 0 Å². The zero-order valence-corrected chi connectivity index (χ0v) is 14.6. The van der Waals surface area contributed by atoms with Gasteiger partial charge in [0.15, 0.2) is 0 Å². The fraction of sp³-hybridized carbons (Fsp3) is 0.118. The minimum Gasteiger partial charge on any atom is -0.303 e. The quantitative estimate of drug-likeness (QED) is 0.221. The maximum absolute atomic E-state index is 12.7. The molecule has 2 rings (SSSR count). The van der Waals surface area contributed by atoms with Crippen LogP contribution >= 0.6 is 22.6 Å². The molecule has 0 fully saturated rings. The number of amides is 1. The zero-order chi connectivity index (χ0) is 16.7. The molecule has 0 N–H and O–H groups in total. The molecule has 0 saturated carbocycles. The third-order valence-electron chi connectivity index (χ3n) is 3.20. The van der Waals surface area contributed by atoms with Crippen LogP contribution in [0.1, 0.15) is 5.56 Å². The summed E-state index contributed by atoms with van der Waals surface area (Å²) in [4.78, 5) is 17.1. The van der Waals surface area contributed by atoms with Crippen molar-refractivity contribution in [2.75, 3.05) is 11.4 Å². The maximum atomic E-state index is 12.7. The fourth-order valence-corrected chi connectivity index (χ4v) is 2.76. The van der Waals surface area contributed by atoms with Crippen molar-refractivity contribution < 1.29 is 4.79 Å². The number of carbonyl (C=O) groups is 1. The summed E-state index contributed by atoms with van der Waals surface area (Å²) in [6, 6.07) is 17.4. The van der Waals surface area contributed by atoms with E-state index in [9.17, 15) is 4.79 Å². The van der Waals surface area contributed by atoms with Crippen LogP contribution in [0.5, 0.6) is 0 Å². The lowest BCUT2D eigenvalue weighted by molar-refractivity contribution is -0.115. The van der Waals surface area contributed by atoms with Gasteiger partial charge in [-0.05, 0) is 45.8 Å². The van der Waals surface area contributed by atoms with E-state index in [2.05, 4.69) is 39.2 Å². The lowest BCUT2D eigenvalue weighted by Crippen LogP contribution is -2.32. The first-order chi connectivity index (χ1) is 11.1. The van der Waals surface area contributed by atoms with Gasteiger partial charge in [0.2, 0.25) is 0 Å². The summed E-state index contributed by atoms with van der Waals surface area (Å²) in [6.07, 6.45) is 0. The standard InChI is InChI=1S/C17H15IN4O/c1-13(11-20-21-19)17(23)22(12-14-7-3-2-4-8-14)16-10-6-5-9-15(16)18/h2-10H,1,11-12H2. The molecule has 0 bridgehead atoms. The van der Waals surface area contributed by atoms with Crippen molar-refractivity contribution in [3.8, 4) is 0 Å². The van der Waals surface area contributed by atoms with Gasteiger partial charge < -0.3 is 4.90 Å². The van der Waals surface area contributed by atoms with Gasteiger partial charge in [-0.1, -0.05) is 54.2 Å². The van der Waals surface area contributed by atoms with E-state index in [0.29, 0.717) is 6.54 Å². The molecule has 0 heterocycles. The lowest BCUT2D eigenvalue weighted by Gasteiger charge is -2.25.